The predicted molar refractivity (Wildman–Crippen MR) is 53.9 cm³/mol. The van der Waals surface area contributed by atoms with Crippen molar-refractivity contribution in [3.63, 3.8) is 0 Å². The Hall–Kier alpha value is -0.0800. The molecule has 0 amide bonds. The van der Waals surface area contributed by atoms with E-state index < -0.39 is 0 Å². The van der Waals surface area contributed by atoms with Crippen molar-refractivity contribution < 1.29 is 9.47 Å². The van der Waals surface area contributed by atoms with E-state index in [0.717, 1.165) is 13.2 Å². The van der Waals surface area contributed by atoms with Crippen LogP contribution < -0.4 is 0 Å². The molecule has 13 heavy (non-hydrogen) atoms. The third-order valence-electron chi connectivity index (χ3n) is 2.56. The molecule has 0 saturated carbocycles. The van der Waals surface area contributed by atoms with Crippen LogP contribution in [0.5, 0.6) is 0 Å². The topological polar surface area (TPSA) is 18.5 Å². The van der Waals surface area contributed by atoms with E-state index in [0.29, 0.717) is 12.2 Å². The van der Waals surface area contributed by atoms with Gasteiger partial charge in [-0.3, -0.25) is 0 Å². The van der Waals surface area contributed by atoms with Gasteiger partial charge in [-0.05, 0) is 46.0 Å². The Kier molecular flexibility index (Phi) is 5.40. The van der Waals surface area contributed by atoms with Crippen LogP contribution in [0.2, 0.25) is 0 Å². The van der Waals surface area contributed by atoms with Gasteiger partial charge in [0.15, 0.2) is 0 Å². The van der Waals surface area contributed by atoms with Crippen molar-refractivity contribution in [1.29, 1.82) is 0 Å². The molecule has 78 valence electrons. The SMILES string of the molecule is CC1CCCCO1.CC1CCCO1. The van der Waals surface area contributed by atoms with Crippen molar-refractivity contribution in [2.75, 3.05) is 13.2 Å². The highest BCUT2D eigenvalue weighted by Gasteiger charge is 2.07. The normalized spacial score (nSPS) is 33.7. The Balaban J connectivity index is 0.000000132. The predicted octanol–water partition coefficient (Wildman–Crippen LogP) is 2.76. The van der Waals surface area contributed by atoms with E-state index in [1.165, 1.54) is 32.1 Å². The molecule has 2 atom stereocenters. The molecule has 0 bridgehead atoms. The molecule has 0 spiro atoms. The van der Waals surface area contributed by atoms with Gasteiger partial charge >= 0.3 is 0 Å². The molecule has 0 N–H and O–H groups in total. The Morgan fingerprint density at radius 2 is 1.31 bits per heavy atom. The van der Waals surface area contributed by atoms with Crippen LogP contribution in [0.1, 0.15) is 46.0 Å². The van der Waals surface area contributed by atoms with Crippen molar-refractivity contribution in [2.24, 2.45) is 0 Å². The zero-order valence-electron chi connectivity index (χ0n) is 8.92. The van der Waals surface area contributed by atoms with Crippen molar-refractivity contribution in [2.45, 2.75) is 58.2 Å². The number of hydrogen-bond acceptors (Lipinski definition) is 2. The fourth-order valence-corrected chi connectivity index (χ4v) is 1.64. The molecule has 2 saturated heterocycles. The molecular weight excluding hydrogens is 164 g/mol. The zero-order chi connectivity index (χ0) is 9.52. The Labute approximate surface area is 81.6 Å². The standard InChI is InChI=1S/C6H12O.C5H10O/c1-6-4-2-3-5-7-6;1-5-3-2-4-6-5/h6H,2-5H2,1H3;5H,2-4H2,1H3. The molecule has 2 nitrogen and oxygen atoms in total. The Morgan fingerprint density at radius 3 is 1.54 bits per heavy atom. The lowest BCUT2D eigenvalue weighted by Gasteiger charge is -2.17. The highest BCUT2D eigenvalue weighted by atomic mass is 16.5. The molecule has 0 radical (unpaired) electrons. The number of ether oxygens (including phenoxy) is 2. The summed E-state index contributed by atoms with van der Waals surface area (Å²) in [6.07, 6.45) is 7.51. The lowest BCUT2D eigenvalue weighted by molar-refractivity contribution is 0.0285. The van der Waals surface area contributed by atoms with Gasteiger partial charge in [0.1, 0.15) is 0 Å². The Morgan fingerprint density at radius 1 is 0.769 bits per heavy atom. The van der Waals surface area contributed by atoms with Crippen LogP contribution in [0, 0.1) is 0 Å². The maximum atomic E-state index is 5.28. The fourth-order valence-electron chi connectivity index (χ4n) is 1.64. The Bertz CT molecular complexity index is 113. The second kappa shape index (κ2) is 6.39. The fraction of sp³-hybridized carbons (Fsp3) is 1.00. The minimum absolute atomic E-state index is 0.536. The highest BCUT2D eigenvalue weighted by Crippen LogP contribution is 2.10. The number of hydrogen-bond donors (Lipinski definition) is 0. The molecule has 2 heteroatoms. The highest BCUT2D eigenvalue weighted by molar-refractivity contribution is 4.56. The van der Waals surface area contributed by atoms with E-state index in [9.17, 15) is 0 Å². The third kappa shape index (κ3) is 5.27. The summed E-state index contributed by atoms with van der Waals surface area (Å²) in [5.41, 5.74) is 0. The van der Waals surface area contributed by atoms with Gasteiger partial charge in [0.05, 0.1) is 12.2 Å². The molecule has 2 rings (SSSR count). The van der Waals surface area contributed by atoms with Crippen LogP contribution in [0.15, 0.2) is 0 Å². The summed E-state index contributed by atoms with van der Waals surface area (Å²) in [4.78, 5) is 0. The van der Waals surface area contributed by atoms with Crippen molar-refractivity contribution in [3.05, 3.63) is 0 Å². The quantitative estimate of drug-likeness (QED) is 0.579. The monoisotopic (exact) mass is 186 g/mol. The molecule has 2 aliphatic rings. The van der Waals surface area contributed by atoms with E-state index in [-0.39, 0.29) is 0 Å². The summed E-state index contributed by atoms with van der Waals surface area (Å²) in [6, 6.07) is 0. The summed E-state index contributed by atoms with van der Waals surface area (Å²) in [5.74, 6) is 0. The van der Waals surface area contributed by atoms with E-state index in [1.54, 1.807) is 0 Å². The first-order chi connectivity index (χ1) is 6.29. The molecule has 2 heterocycles. The summed E-state index contributed by atoms with van der Waals surface area (Å²) in [6.45, 7) is 6.23. The van der Waals surface area contributed by atoms with Crippen molar-refractivity contribution >= 4 is 0 Å². The average Bonchev–Trinajstić information content (AvgIpc) is 2.58. The van der Waals surface area contributed by atoms with Crippen LogP contribution in [0.3, 0.4) is 0 Å². The van der Waals surface area contributed by atoms with Crippen LogP contribution in [-0.4, -0.2) is 25.4 Å². The first-order valence-corrected chi connectivity index (χ1v) is 5.52. The minimum atomic E-state index is 0.536. The summed E-state index contributed by atoms with van der Waals surface area (Å²) in [7, 11) is 0. The largest absolute Gasteiger partial charge is 0.379 e. The van der Waals surface area contributed by atoms with Gasteiger partial charge < -0.3 is 9.47 Å². The van der Waals surface area contributed by atoms with Gasteiger partial charge in [-0.2, -0.15) is 0 Å². The van der Waals surface area contributed by atoms with Crippen LogP contribution >= 0.6 is 0 Å². The van der Waals surface area contributed by atoms with E-state index in [2.05, 4.69) is 13.8 Å². The smallest absolute Gasteiger partial charge is 0.0547 e. The zero-order valence-corrected chi connectivity index (χ0v) is 8.92. The molecule has 2 unspecified atom stereocenters. The summed E-state index contributed by atoms with van der Waals surface area (Å²) in [5, 5.41) is 0. The van der Waals surface area contributed by atoms with Gasteiger partial charge in [0.25, 0.3) is 0 Å². The van der Waals surface area contributed by atoms with Gasteiger partial charge in [0.2, 0.25) is 0 Å². The van der Waals surface area contributed by atoms with Crippen LogP contribution in [-0.2, 0) is 9.47 Å². The van der Waals surface area contributed by atoms with Crippen molar-refractivity contribution in [3.8, 4) is 0 Å². The lowest BCUT2D eigenvalue weighted by atomic mass is 10.1. The maximum absolute atomic E-state index is 5.28. The summed E-state index contributed by atoms with van der Waals surface area (Å²) < 4.78 is 10.4. The van der Waals surface area contributed by atoms with Crippen LogP contribution in [0.4, 0.5) is 0 Å². The van der Waals surface area contributed by atoms with E-state index in [1.807, 2.05) is 0 Å². The molecule has 2 fully saturated rings. The summed E-state index contributed by atoms with van der Waals surface area (Å²) >= 11 is 0. The van der Waals surface area contributed by atoms with Gasteiger partial charge in [-0.1, -0.05) is 0 Å². The molecule has 0 aromatic heterocycles. The average molecular weight is 186 g/mol. The van der Waals surface area contributed by atoms with Gasteiger partial charge in [-0.25, -0.2) is 0 Å². The third-order valence-corrected chi connectivity index (χ3v) is 2.56. The lowest BCUT2D eigenvalue weighted by Crippen LogP contribution is -2.14. The maximum Gasteiger partial charge on any atom is 0.0547 e. The van der Waals surface area contributed by atoms with Crippen molar-refractivity contribution in [1.82, 2.24) is 0 Å². The van der Waals surface area contributed by atoms with Crippen LogP contribution in [0.25, 0.3) is 0 Å². The molecular formula is C11H22O2. The minimum Gasteiger partial charge on any atom is -0.379 e. The van der Waals surface area contributed by atoms with E-state index in [4.69, 9.17) is 9.47 Å². The van der Waals surface area contributed by atoms with Gasteiger partial charge in [0, 0.05) is 13.2 Å². The molecule has 2 aliphatic heterocycles. The number of rotatable bonds is 0. The first kappa shape index (κ1) is 11.0. The van der Waals surface area contributed by atoms with E-state index >= 15 is 0 Å². The van der Waals surface area contributed by atoms with Gasteiger partial charge in [-0.15, -0.1) is 0 Å². The first-order valence-electron chi connectivity index (χ1n) is 5.52. The second-order valence-corrected chi connectivity index (χ2v) is 4.00. The molecule has 0 aromatic rings. The molecule has 0 aliphatic carbocycles. The molecule has 0 aromatic carbocycles. The second-order valence-electron chi connectivity index (χ2n) is 4.00.